The largest absolute Gasteiger partial charge is 0.322 e. The second-order valence-corrected chi connectivity index (χ2v) is 5.25. The lowest BCUT2D eigenvalue weighted by Gasteiger charge is -2.09. The minimum absolute atomic E-state index is 0.991. The molecule has 4 N–H and O–H groups in total. The lowest BCUT2D eigenvalue weighted by atomic mass is 10.2. The van der Waals surface area contributed by atoms with Gasteiger partial charge in [0.15, 0.2) is 0 Å². The van der Waals surface area contributed by atoms with E-state index >= 15 is 0 Å². The Morgan fingerprint density at radius 1 is 0.500 bits per heavy atom. The van der Waals surface area contributed by atoms with Gasteiger partial charge in [0.1, 0.15) is 0 Å². The first kappa shape index (κ1) is 16.3. The third-order valence-corrected chi connectivity index (χ3v) is 3.37. The second-order valence-electron chi connectivity index (χ2n) is 5.25. The van der Waals surface area contributed by atoms with Crippen LogP contribution in [0.25, 0.3) is 0 Å². The van der Waals surface area contributed by atoms with E-state index in [1.54, 1.807) is 0 Å². The molecule has 0 aliphatic rings. The van der Waals surface area contributed by atoms with Gasteiger partial charge in [0.25, 0.3) is 0 Å². The van der Waals surface area contributed by atoms with E-state index in [1.165, 1.54) is 25.7 Å². The van der Waals surface area contributed by atoms with Gasteiger partial charge in [0, 0.05) is 24.5 Å². The summed E-state index contributed by atoms with van der Waals surface area (Å²) in [5.41, 5.74) is 15.1. The number of hydrazine groups is 2. The van der Waals surface area contributed by atoms with Gasteiger partial charge in [-0.05, 0) is 37.1 Å². The zero-order valence-corrected chi connectivity index (χ0v) is 13.0. The number of anilines is 2. The van der Waals surface area contributed by atoms with Crippen molar-refractivity contribution in [2.24, 2.45) is 0 Å². The van der Waals surface area contributed by atoms with Gasteiger partial charge >= 0.3 is 0 Å². The molecule has 0 bridgehead atoms. The van der Waals surface area contributed by atoms with E-state index in [4.69, 9.17) is 0 Å². The molecule has 4 heteroatoms. The lowest BCUT2D eigenvalue weighted by molar-refractivity contribution is 0.597. The number of rotatable bonds is 11. The number of benzene rings is 2. The van der Waals surface area contributed by atoms with Gasteiger partial charge in [-0.2, -0.15) is 0 Å². The number of para-hydroxylation sites is 2. The van der Waals surface area contributed by atoms with E-state index in [1.807, 2.05) is 36.4 Å². The molecule has 4 nitrogen and oxygen atoms in total. The van der Waals surface area contributed by atoms with Crippen molar-refractivity contribution in [1.29, 1.82) is 0 Å². The summed E-state index contributed by atoms with van der Waals surface area (Å²) in [6.07, 6.45) is 4.87. The van der Waals surface area contributed by atoms with E-state index < -0.39 is 0 Å². The maximum Gasteiger partial charge on any atom is 0.0487 e. The molecule has 0 saturated carbocycles. The summed E-state index contributed by atoms with van der Waals surface area (Å²) < 4.78 is 0. The second kappa shape index (κ2) is 10.7. The Labute approximate surface area is 133 Å². The Morgan fingerprint density at radius 3 is 1.32 bits per heavy atom. The first-order valence-electron chi connectivity index (χ1n) is 8.03. The highest BCUT2D eigenvalue weighted by Crippen LogP contribution is 2.04. The van der Waals surface area contributed by atoms with Crippen LogP contribution in [0.1, 0.15) is 25.7 Å². The van der Waals surface area contributed by atoms with Crippen LogP contribution in [0.15, 0.2) is 60.7 Å². The monoisotopic (exact) mass is 298 g/mol. The highest BCUT2D eigenvalue weighted by atomic mass is 15.4. The van der Waals surface area contributed by atoms with Gasteiger partial charge in [-0.15, -0.1) is 0 Å². The molecular formula is C18H26N4. The summed E-state index contributed by atoms with van der Waals surface area (Å²) in [4.78, 5) is 0. The van der Waals surface area contributed by atoms with E-state index in [0.717, 1.165) is 24.5 Å². The topological polar surface area (TPSA) is 48.1 Å². The van der Waals surface area contributed by atoms with Crippen molar-refractivity contribution >= 4 is 11.4 Å². The van der Waals surface area contributed by atoms with Crippen molar-refractivity contribution in [3.8, 4) is 0 Å². The van der Waals surface area contributed by atoms with Gasteiger partial charge < -0.3 is 10.9 Å². The minimum Gasteiger partial charge on any atom is -0.322 e. The standard InChI is InChI=1S/C18H26N4/c1(9-15-19-21-17-11-5-3-6-12-17)2-10-16-20-22-18-13-7-4-8-14-18/h3-8,11-14,19-22H,1-2,9-10,15-16H2. The first-order valence-corrected chi connectivity index (χ1v) is 8.03. The van der Waals surface area contributed by atoms with Crippen LogP contribution >= 0.6 is 0 Å². The Hall–Kier alpha value is -2.04. The van der Waals surface area contributed by atoms with Crippen LogP contribution in [-0.4, -0.2) is 13.1 Å². The van der Waals surface area contributed by atoms with Gasteiger partial charge in [-0.1, -0.05) is 49.2 Å². The number of nitrogens with one attached hydrogen (secondary N) is 4. The fourth-order valence-electron chi connectivity index (χ4n) is 2.15. The summed E-state index contributed by atoms with van der Waals surface area (Å²) in [7, 11) is 0. The summed E-state index contributed by atoms with van der Waals surface area (Å²) in [5, 5.41) is 0. The SMILES string of the molecule is c1ccc(NNCCCCCCNNc2ccccc2)cc1. The number of hydrogen-bond donors (Lipinski definition) is 4. The summed E-state index contributed by atoms with van der Waals surface area (Å²) >= 11 is 0. The molecule has 0 fully saturated rings. The van der Waals surface area contributed by atoms with Crippen molar-refractivity contribution in [3.63, 3.8) is 0 Å². The average Bonchev–Trinajstić information content (AvgIpc) is 2.58. The van der Waals surface area contributed by atoms with Crippen molar-refractivity contribution < 1.29 is 0 Å². The zero-order chi connectivity index (χ0) is 15.3. The summed E-state index contributed by atoms with van der Waals surface area (Å²) in [6.45, 7) is 1.98. The highest BCUT2D eigenvalue weighted by Gasteiger charge is 1.92. The Morgan fingerprint density at radius 2 is 0.909 bits per heavy atom. The smallest absolute Gasteiger partial charge is 0.0487 e. The quantitative estimate of drug-likeness (QED) is 0.377. The van der Waals surface area contributed by atoms with Crippen molar-refractivity contribution in [2.45, 2.75) is 25.7 Å². The molecule has 0 aliphatic heterocycles. The molecule has 0 atom stereocenters. The molecule has 0 radical (unpaired) electrons. The Kier molecular flexibility index (Phi) is 7.91. The molecule has 2 aromatic rings. The van der Waals surface area contributed by atoms with E-state index in [2.05, 4.69) is 46.0 Å². The normalized spacial score (nSPS) is 10.4. The molecule has 0 amide bonds. The lowest BCUT2D eigenvalue weighted by Crippen LogP contribution is -2.23. The maximum atomic E-state index is 3.25. The van der Waals surface area contributed by atoms with Crippen LogP contribution in [0.2, 0.25) is 0 Å². The zero-order valence-electron chi connectivity index (χ0n) is 13.0. The maximum absolute atomic E-state index is 3.25. The van der Waals surface area contributed by atoms with Gasteiger partial charge in [-0.25, -0.2) is 10.9 Å². The van der Waals surface area contributed by atoms with Gasteiger partial charge in [0.05, 0.1) is 0 Å². The van der Waals surface area contributed by atoms with Gasteiger partial charge in [0.2, 0.25) is 0 Å². The van der Waals surface area contributed by atoms with E-state index in [-0.39, 0.29) is 0 Å². The third-order valence-electron chi connectivity index (χ3n) is 3.37. The average molecular weight is 298 g/mol. The van der Waals surface area contributed by atoms with Crippen LogP contribution in [0.3, 0.4) is 0 Å². The fraction of sp³-hybridized carbons (Fsp3) is 0.333. The van der Waals surface area contributed by atoms with Crippen LogP contribution in [0.5, 0.6) is 0 Å². The number of hydrogen-bond acceptors (Lipinski definition) is 4. The summed E-state index contributed by atoms with van der Waals surface area (Å²) in [6, 6.07) is 20.4. The van der Waals surface area contributed by atoms with E-state index in [0.29, 0.717) is 0 Å². The molecule has 0 heterocycles. The molecule has 118 valence electrons. The Balaban J connectivity index is 1.37. The Bertz CT molecular complexity index is 439. The van der Waals surface area contributed by atoms with Crippen LogP contribution < -0.4 is 21.7 Å². The van der Waals surface area contributed by atoms with Crippen LogP contribution in [0.4, 0.5) is 11.4 Å². The van der Waals surface area contributed by atoms with Crippen molar-refractivity contribution in [2.75, 3.05) is 23.9 Å². The molecule has 0 aliphatic carbocycles. The van der Waals surface area contributed by atoms with Gasteiger partial charge in [-0.3, -0.25) is 0 Å². The molecule has 2 aromatic carbocycles. The van der Waals surface area contributed by atoms with Crippen molar-refractivity contribution in [1.82, 2.24) is 10.9 Å². The van der Waals surface area contributed by atoms with E-state index in [9.17, 15) is 0 Å². The molecule has 0 saturated heterocycles. The van der Waals surface area contributed by atoms with Crippen molar-refractivity contribution in [3.05, 3.63) is 60.7 Å². The predicted molar refractivity (Wildman–Crippen MR) is 94.6 cm³/mol. The molecule has 0 unspecified atom stereocenters. The highest BCUT2D eigenvalue weighted by molar-refractivity contribution is 5.41. The first-order chi connectivity index (χ1) is 10.9. The molecule has 0 aromatic heterocycles. The van der Waals surface area contributed by atoms with Crippen LogP contribution in [-0.2, 0) is 0 Å². The fourth-order valence-corrected chi connectivity index (χ4v) is 2.15. The molecular weight excluding hydrogens is 272 g/mol. The molecule has 0 spiro atoms. The molecule has 2 rings (SSSR count). The molecule has 22 heavy (non-hydrogen) atoms. The predicted octanol–water partition coefficient (Wildman–Crippen LogP) is 3.78. The third kappa shape index (κ3) is 7.11. The summed E-state index contributed by atoms with van der Waals surface area (Å²) in [5.74, 6) is 0. The minimum atomic E-state index is 0.991. The number of unbranched alkanes of at least 4 members (excludes halogenated alkanes) is 3. The van der Waals surface area contributed by atoms with Crippen LogP contribution in [0, 0.1) is 0 Å².